The van der Waals surface area contributed by atoms with E-state index in [4.69, 9.17) is 17.3 Å². The highest BCUT2D eigenvalue weighted by Crippen LogP contribution is 2.27. The van der Waals surface area contributed by atoms with Crippen LogP contribution in [0.15, 0.2) is 40.9 Å². The maximum Gasteiger partial charge on any atom is 0.198 e. The Morgan fingerprint density at radius 2 is 1.89 bits per heavy atom. The van der Waals surface area contributed by atoms with E-state index in [0.717, 1.165) is 6.07 Å². The lowest BCUT2D eigenvalue weighted by atomic mass is 10.0. The second kappa shape index (κ2) is 5.08. The van der Waals surface area contributed by atoms with Crippen LogP contribution in [0.5, 0.6) is 0 Å². The Kier molecular flexibility index (Phi) is 3.68. The molecule has 0 saturated heterocycles. The van der Waals surface area contributed by atoms with Crippen molar-refractivity contribution in [1.29, 1.82) is 0 Å². The van der Waals surface area contributed by atoms with Crippen molar-refractivity contribution in [2.24, 2.45) is 0 Å². The average Bonchev–Trinajstić information content (AvgIpc) is 2.33. The summed E-state index contributed by atoms with van der Waals surface area (Å²) in [6, 6.07) is 8.96. The van der Waals surface area contributed by atoms with Gasteiger partial charge in [0, 0.05) is 15.7 Å². The highest BCUT2D eigenvalue weighted by Gasteiger charge is 2.17. The highest BCUT2D eigenvalue weighted by atomic mass is 79.9. The first-order valence-corrected chi connectivity index (χ1v) is 6.21. The van der Waals surface area contributed by atoms with E-state index < -0.39 is 11.6 Å². The topological polar surface area (TPSA) is 43.1 Å². The minimum absolute atomic E-state index is 0.0962. The van der Waals surface area contributed by atoms with Gasteiger partial charge in [-0.1, -0.05) is 23.7 Å². The smallest absolute Gasteiger partial charge is 0.198 e. The zero-order chi connectivity index (χ0) is 13.3. The molecule has 0 heterocycles. The van der Waals surface area contributed by atoms with Crippen LogP contribution in [0.1, 0.15) is 15.9 Å². The van der Waals surface area contributed by atoms with Crippen molar-refractivity contribution < 1.29 is 9.18 Å². The van der Waals surface area contributed by atoms with Crippen molar-refractivity contribution >= 4 is 39.0 Å². The third kappa shape index (κ3) is 2.40. The van der Waals surface area contributed by atoms with Crippen LogP contribution in [0, 0.1) is 5.82 Å². The first kappa shape index (κ1) is 13.1. The number of ketones is 1. The second-order valence-electron chi connectivity index (χ2n) is 3.66. The molecule has 2 nitrogen and oxygen atoms in total. The molecule has 92 valence electrons. The number of benzene rings is 2. The standard InChI is InChI=1S/C13H8BrClFNO/c14-9-6-11(16)8(5-10(9)15)13(18)7-3-1-2-4-12(7)17/h1-6H,17H2. The zero-order valence-corrected chi connectivity index (χ0v) is 11.4. The first-order chi connectivity index (χ1) is 8.50. The molecule has 0 bridgehead atoms. The van der Waals surface area contributed by atoms with E-state index in [1.807, 2.05) is 0 Å². The number of carbonyl (C=O) groups is 1. The number of para-hydroxylation sites is 1. The summed E-state index contributed by atoms with van der Waals surface area (Å²) in [6.45, 7) is 0. The molecule has 2 aromatic carbocycles. The molecule has 0 radical (unpaired) electrons. The summed E-state index contributed by atoms with van der Waals surface area (Å²) in [6.07, 6.45) is 0. The number of nitrogens with two attached hydrogens (primary N) is 1. The van der Waals surface area contributed by atoms with Crippen LogP contribution in [0.2, 0.25) is 5.02 Å². The zero-order valence-electron chi connectivity index (χ0n) is 9.08. The van der Waals surface area contributed by atoms with Gasteiger partial charge >= 0.3 is 0 Å². The van der Waals surface area contributed by atoms with E-state index in [9.17, 15) is 9.18 Å². The number of hydrogen-bond donors (Lipinski definition) is 1. The van der Waals surface area contributed by atoms with Crippen LogP contribution in [0.4, 0.5) is 10.1 Å². The summed E-state index contributed by atoms with van der Waals surface area (Å²) in [4.78, 5) is 12.2. The molecule has 2 N–H and O–H groups in total. The summed E-state index contributed by atoms with van der Waals surface area (Å²) in [5, 5.41) is 0.272. The third-order valence-electron chi connectivity index (χ3n) is 2.46. The summed E-state index contributed by atoms with van der Waals surface area (Å²) in [5.74, 6) is -1.13. The Balaban J connectivity index is 2.53. The number of carbonyl (C=O) groups excluding carboxylic acids is 1. The molecule has 18 heavy (non-hydrogen) atoms. The van der Waals surface area contributed by atoms with Gasteiger partial charge < -0.3 is 5.73 Å². The minimum Gasteiger partial charge on any atom is -0.398 e. The van der Waals surface area contributed by atoms with Gasteiger partial charge in [-0.25, -0.2) is 4.39 Å². The van der Waals surface area contributed by atoms with Crippen molar-refractivity contribution in [3.8, 4) is 0 Å². The largest absolute Gasteiger partial charge is 0.398 e. The fraction of sp³-hybridized carbons (Fsp3) is 0. The van der Waals surface area contributed by atoms with Gasteiger partial charge in [-0.2, -0.15) is 0 Å². The Morgan fingerprint density at radius 1 is 1.22 bits per heavy atom. The molecule has 5 heteroatoms. The number of nitrogen functional groups attached to an aromatic ring is 1. The van der Waals surface area contributed by atoms with Crippen molar-refractivity contribution in [2.45, 2.75) is 0 Å². The molecule has 0 amide bonds. The van der Waals surface area contributed by atoms with Gasteiger partial charge in [0.05, 0.1) is 10.6 Å². The van der Waals surface area contributed by atoms with Crippen molar-refractivity contribution in [1.82, 2.24) is 0 Å². The summed E-state index contributed by atoms with van der Waals surface area (Å²) < 4.78 is 14.2. The van der Waals surface area contributed by atoms with Crippen molar-refractivity contribution in [3.63, 3.8) is 0 Å². The van der Waals surface area contributed by atoms with Crippen LogP contribution in [0.25, 0.3) is 0 Å². The Morgan fingerprint density at radius 3 is 2.56 bits per heavy atom. The lowest BCUT2D eigenvalue weighted by Crippen LogP contribution is -2.07. The molecule has 0 aromatic heterocycles. The molecule has 0 unspecified atom stereocenters. The molecule has 0 aliphatic carbocycles. The average molecular weight is 329 g/mol. The molecule has 0 aliphatic heterocycles. The lowest BCUT2D eigenvalue weighted by Gasteiger charge is -2.07. The van der Waals surface area contributed by atoms with Gasteiger partial charge in [-0.05, 0) is 40.2 Å². The first-order valence-electron chi connectivity index (χ1n) is 5.04. The Labute approximate surface area is 117 Å². The van der Waals surface area contributed by atoms with Crippen LogP contribution in [0.3, 0.4) is 0 Å². The van der Waals surface area contributed by atoms with Gasteiger partial charge in [-0.15, -0.1) is 0 Å². The van der Waals surface area contributed by atoms with Gasteiger partial charge in [0.1, 0.15) is 5.82 Å². The van der Waals surface area contributed by atoms with Crippen LogP contribution >= 0.6 is 27.5 Å². The fourth-order valence-electron chi connectivity index (χ4n) is 1.55. The molecule has 0 atom stereocenters. The van der Waals surface area contributed by atoms with E-state index in [2.05, 4.69) is 15.9 Å². The maximum absolute atomic E-state index is 13.7. The molecular weight excluding hydrogens is 321 g/mol. The lowest BCUT2D eigenvalue weighted by molar-refractivity contribution is 0.103. The highest BCUT2D eigenvalue weighted by molar-refractivity contribution is 9.10. The molecule has 0 aliphatic rings. The summed E-state index contributed by atoms with van der Waals surface area (Å²) in [7, 11) is 0. The van der Waals surface area contributed by atoms with Gasteiger partial charge in [0.2, 0.25) is 0 Å². The third-order valence-corrected chi connectivity index (χ3v) is 3.66. The van der Waals surface area contributed by atoms with Crippen molar-refractivity contribution in [2.75, 3.05) is 5.73 Å². The number of halogens is 3. The molecule has 0 fully saturated rings. The van der Waals surface area contributed by atoms with E-state index in [1.165, 1.54) is 6.07 Å². The Hall–Kier alpha value is -1.39. The van der Waals surface area contributed by atoms with E-state index in [-0.39, 0.29) is 16.1 Å². The van der Waals surface area contributed by atoms with E-state index in [1.54, 1.807) is 24.3 Å². The second-order valence-corrected chi connectivity index (χ2v) is 4.92. The maximum atomic E-state index is 13.7. The van der Waals surface area contributed by atoms with Crippen LogP contribution in [-0.2, 0) is 0 Å². The fourth-order valence-corrected chi connectivity index (χ4v) is 2.02. The SMILES string of the molecule is Nc1ccccc1C(=O)c1cc(Cl)c(Br)cc1F. The van der Waals surface area contributed by atoms with E-state index in [0.29, 0.717) is 10.2 Å². The summed E-state index contributed by atoms with van der Waals surface area (Å²) >= 11 is 8.95. The summed E-state index contributed by atoms with van der Waals surface area (Å²) in [5.41, 5.74) is 6.16. The predicted octanol–water partition coefficient (Wildman–Crippen LogP) is 4.05. The molecule has 0 spiro atoms. The number of hydrogen-bond acceptors (Lipinski definition) is 2. The number of rotatable bonds is 2. The predicted molar refractivity (Wildman–Crippen MR) is 73.4 cm³/mol. The molecule has 0 saturated carbocycles. The molecular formula is C13H8BrClFNO. The molecule has 2 aromatic rings. The quantitative estimate of drug-likeness (QED) is 0.513. The van der Waals surface area contributed by atoms with E-state index >= 15 is 0 Å². The van der Waals surface area contributed by atoms with Crippen LogP contribution < -0.4 is 5.73 Å². The van der Waals surface area contributed by atoms with Crippen LogP contribution in [-0.4, -0.2) is 5.78 Å². The molecule has 2 rings (SSSR count). The van der Waals surface area contributed by atoms with Gasteiger partial charge in [0.15, 0.2) is 5.78 Å². The van der Waals surface area contributed by atoms with Crippen molar-refractivity contribution in [3.05, 3.63) is 62.8 Å². The monoisotopic (exact) mass is 327 g/mol. The normalized spacial score (nSPS) is 10.4. The van der Waals surface area contributed by atoms with Gasteiger partial charge in [0.25, 0.3) is 0 Å². The minimum atomic E-state index is -0.639. The Bertz CT molecular complexity index is 630. The van der Waals surface area contributed by atoms with Gasteiger partial charge in [-0.3, -0.25) is 4.79 Å². The number of anilines is 1.